The molecule has 0 saturated heterocycles. The molecule has 2 radical (unpaired) electrons. The highest BCUT2D eigenvalue weighted by Gasteiger charge is 2.23. The Balaban J connectivity index is 0. The third-order valence-electron chi connectivity index (χ3n) is 0.283. The van der Waals surface area contributed by atoms with Gasteiger partial charge >= 0.3 is 6.18 Å². The number of rotatable bonds is 0. The fourth-order valence-electron chi connectivity index (χ4n) is 0. The minimum Gasteiger partial charge on any atom is -0.274 e. The molecule has 0 spiro atoms. The van der Waals surface area contributed by atoms with Crippen LogP contribution in [0.1, 0.15) is 6.92 Å². The predicted octanol–water partition coefficient (Wildman–Crippen LogP) is 0.469. The number of hydrogen-bond donors (Lipinski definition) is 2. The van der Waals surface area contributed by atoms with Gasteiger partial charge in [-0.25, -0.2) is 0 Å². The van der Waals surface area contributed by atoms with Gasteiger partial charge in [0.1, 0.15) is 0 Å². The Labute approximate surface area is 45.6 Å². The van der Waals surface area contributed by atoms with Crippen LogP contribution in [0, 0.1) is 6.42 Å². The highest BCUT2D eigenvalue weighted by molar-refractivity contribution is 4.65. The van der Waals surface area contributed by atoms with Gasteiger partial charge in [0, 0.05) is 0 Å². The molecule has 2 nitrogen and oxygen atoms in total. The van der Waals surface area contributed by atoms with Crippen LogP contribution in [0.2, 0.25) is 0 Å². The van der Waals surface area contributed by atoms with Crippen molar-refractivity contribution in [1.29, 1.82) is 0 Å². The van der Waals surface area contributed by atoms with Gasteiger partial charge in [-0.2, -0.15) is 13.2 Å². The summed E-state index contributed by atoms with van der Waals surface area (Å²) in [6, 6.07) is 0. The van der Waals surface area contributed by atoms with E-state index < -0.39 is 6.18 Å². The molecule has 0 aromatic carbocycles. The van der Waals surface area contributed by atoms with Crippen molar-refractivity contribution in [1.82, 2.24) is 0 Å². The molecule has 0 aromatic rings. The molecule has 0 unspecified atom stereocenters. The Bertz CT molecular complexity index is 42.3. The molecule has 8 heavy (non-hydrogen) atoms. The minimum absolute atomic E-state index is 0.833. The molecule has 0 aromatic heterocycles. The molecule has 0 aliphatic carbocycles. The third-order valence-corrected chi connectivity index (χ3v) is 0.283. The summed E-state index contributed by atoms with van der Waals surface area (Å²) >= 11 is 0. The molecule has 0 bridgehead atoms. The van der Waals surface area contributed by atoms with Crippen molar-refractivity contribution < 1.29 is 13.2 Å². The first-order valence-corrected chi connectivity index (χ1v) is 1.65. The van der Waals surface area contributed by atoms with Gasteiger partial charge in [0.25, 0.3) is 0 Å². The van der Waals surface area contributed by atoms with Crippen LogP contribution < -0.4 is 11.7 Å². The molecule has 50 valence electrons. The van der Waals surface area contributed by atoms with Crippen LogP contribution in [-0.2, 0) is 0 Å². The Morgan fingerprint density at radius 1 is 1.25 bits per heavy atom. The van der Waals surface area contributed by atoms with Crippen LogP contribution in [0.5, 0.6) is 0 Å². The van der Waals surface area contributed by atoms with Crippen LogP contribution in [0.15, 0.2) is 0 Å². The zero-order valence-corrected chi connectivity index (χ0v) is 4.29. The van der Waals surface area contributed by atoms with Crippen molar-refractivity contribution in [2.75, 3.05) is 0 Å². The monoisotopic (exact) mass is 128 g/mol. The second kappa shape index (κ2) is 4.86. The molecular formula is C3H7F3N2. The maximum atomic E-state index is 10.7. The molecule has 0 rings (SSSR count). The lowest BCUT2D eigenvalue weighted by Crippen LogP contribution is -2.03. The van der Waals surface area contributed by atoms with Gasteiger partial charge in [0.15, 0.2) is 0 Å². The first kappa shape index (κ1) is 10.6. The van der Waals surface area contributed by atoms with Gasteiger partial charge in [-0.3, -0.25) is 11.7 Å². The van der Waals surface area contributed by atoms with Gasteiger partial charge in [0.2, 0.25) is 0 Å². The van der Waals surface area contributed by atoms with E-state index >= 15 is 0 Å². The average Bonchev–Trinajstić information content (AvgIpc) is 1.71. The highest BCUT2D eigenvalue weighted by Crippen LogP contribution is 2.16. The molecule has 0 fully saturated rings. The fourth-order valence-corrected chi connectivity index (χ4v) is 0. The smallest absolute Gasteiger partial charge is 0.274 e. The van der Waals surface area contributed by atoms with Crippen molar-refractivity contribution in [3.05, 3.63) is 6.42 Å². The number of hydrogen-bond acceptors (Lipinski definition) is 2. The van der Waals surface area contributed by atoms with Crippen molar-refractivity contribution >= 4 is 0 Å². The zero-order chi connectivity index (χ0) is 7.21. The quantitative estimate of drug-likeness (QED) is 0.368. The fraction of sp³-hybridized carbons (Fsp3) is 0.667. The van der Waals surface area contributed by atoms with Crippen molar-refractivity contribution in [3.8, 4) is 0 Å². The molecule has 5 heteroatoms. The molecule has 0 heterocycles. The van der Waals surface area contributed by atoms with Gasteiger partial charge in [0.05, 0.1) is 6.42 Å². The van der Waals surface area contributed by atoms with Crippen LogP contribution in [0.4, 0.5) is 13.2 Å². The van der Waals surface area contributed by atoms with Crippen molar-refractivity contribution in [3.63, 3.8) is 0 Å². The van der Waals surface area contributed by atoms with E-state index in [1.165, 1.54) is 0 Å². The predicted molar refractivity (Wildman–Crippen MR) is 23.3 cm³/mol. The summed E-state index contributed by atoms with van der Waals surface area (Å²) in [6.07, 6.45) is -3.10. The van der Waals surface area contributed by atoms with E-state index in [1.807, 2.05) is 0 Å². The minimum atomic E-state index is -4.21. The van der Waals surface area contributed by atoms with E-state index in [9.17, 15) is 13.2 Å². The maximum Gasteiger partial charge on any atom is 0.396 e. The Morgan fingerprint density at radius 2 is 1.38 bits per heavy atom. The van der Waals surface area contributed by atoms with Crippen LogP contribution in [0.25, 0.3) is 0 Å². The third kappa shape index (κ3) is 17.2. The molecule has 4 N–H and O–H groups in total. The molecule has 0 atom stereocenters. The van der Waals surface area contributed by atoms with Crippen molar-refractivity contribution in [2.24, 2.45) is 11.7 Å². The first-order chi connectivity index (χ1) is 3.56. The van der Waals surface area contributed by atoms with Crippen LogP contribution >= 0.6 is 0 Å². The van der Waals surface area contributed by atoms with Crippen LogP contribution in [-0.4, -0.2) is 6.18 Å². The Kier molecular flexibility index (Phi) is 6.47. The lowest BCUT2D eigenvalue weighted by atomic mass is 10.5. The molecule has 0 amide bonds. The largest absolute Gasteiger partial charge is 0.396 e. The van der Waals surface area contributed by atoms with E-state index in [0.29, 0.717) is 0 Å². The first-order valence-electron chi connectivity index (χ1n) is 1.65. The summed E-state index contributed by atoms with van der Waals surface area (Å²) in [7, 11) is 0. The lowest BCUT2D eigenvalue weighted by molar-refractivity contribution is -0.0953. The lowest BCUT2D eigenvalue weighted by Gasteiger charge is -1.95. The Morgan fingerprint density at radius 3 is 1.38 bits per heavy atom. The summed E-state index contributed by atoms with van der Waals surface area (Å²) in [5, 5.41) is 0. The van der Waals surface area contributed by atoms with Gasteiger partial charge in [-0.15, -0.1) is 0 Å². The number of nitrogens with two attached hydrogens (primary N) is 2. The summed E-state index contributed by atoms with van der Waals surface area (Å²) < 4.78 is 32.0. The molecular weight excluding hydrogens is 121 g/mol. The standard InChI is InChI=1S/C3H3F3.H4N2/c1-2-3(4,5)6;1-2/h1H3;1-2H2. The van der Waals surface area contributed by atoms with Crippen molar-refractivity contribution in [2.45, 2.75) is 13.1 Å². The SMILES string of the molecule is C[C]C(F)(F)F.NN. The van der Waals surface area contributed by atoms with Crippen LogP contribution in [0.3, 0.4) is 0 Å². The number of hydrazine groups is 1. The summed E-state index contributed by atoms with van der Waals surface area (Å²) in [5.41, 5.74) is 0. The maximum absolute atomic E-state index is 10.7. The normalized spacial score (nSPS) is 9.75. The zero-order valence-electron chi connectivity index (χ0n) is 4.29. The van der Waals surface area contributed by atoms with Gasteiger partial charge < -0.3 is 0 Å². The highest BCUT2D eigenvalue weighted by atomic mass is 19.4. The van der Waals surface area contributed by atoms with Gasteiger partial charge in [-0.05, 0) is 6.92 Å². The van der Waals surface area contributed by atoms with E-state index in [4.69, 9.17) is 0 Å². The van der Waals surface area contributed by atoms with E-state index in [1.54, 1.807) is 0 Å². The summed E-state index contributed by atoms with van der Waals surface area (Å²) in [5.74, 6) is 8.00. The Hall–Kier alpha value is -0.290. The van der Waals surface area contributed by atoms with E-state index in [-0.39, 0.29) is 0 Å². The average molecular weight is 128 g/mol. The van der Waals surface area contributed by atoms with E-state index in [0.717, 1.165) is 13.3 Å². The second-order valence-corrected chi connectivity index (χ2v) is 0.748. The molecule has 0 saturated carbocycles. The summed E-state index contributed by atoms with van der Waals surface area (Å²) in [6.45, 7) is 0.833. The molecule has 0 aliphatic rings. The number of halogens is 3. The topological polar surface area (TPSA) is 52.0 Å². The second-order valence-electron chi connectivity index (χ2n) is 0.748. The summed E-state index contributed by atoms with van der Waals surface area (Å²) in [4.78, 5) is 0. The van der Waals surface area contributed by atoms with E-state index in [2.05, 4.69) is 11.7 Å². The van der Waals surface area contributed by atoms with Gasteiger partial charge in [-0.1, -0.05) is 0 Å². The number of alkyl halides is 3. The molecule has 0 aliphatic heterocycles.